The van der Waals surface area contributed by atoms with E-state index in [4.69, 9.17) is 14.7 Å². The molecule has 0 fully saturated rings. The highest BCUT2D eigenvalue weighted by Gasteiger charge is 2.25. The number of halogens is 1. The Morgan fingerprint density at radius 2 is 2.12 bits per heavy atom. The lowest BCUT2D eigenvalue weighted by molar-refractivity contribution is 0.104. The van der Waals surface area contributed by atoms with E-state index in [1.54, 1.807) is 6.07 Å². The van der Waals surface area contributed by atoms with E-state index in [1.807, 2.05) is 42.5 Å². The summed E-state index contributed by atoms with van der Waals surface area (Å²) in [5.41, 5.74) is 1.54. The van der Waals surface area contributed by atoms with Crippen molar-refractivity contribution >= 4 is 39.6 Å². The van der Waals surface area contributed by atoms with Gasteiger partial charge in [0, 0.05) is 10.5 Å². The van der Waals surface area contributed by atoms with E-state index < -0.39 is 0 Å². The molecule has 0 saturated carbocycles. The quantitative estimate of drug-likeness (QED) is 0.695. The van der Waals surface area contributed by atoms with Crippen LogP contribution in [0, 0.1) is 11.3 Å². The molecule has 0 atom stereocenters. The lowest BCUT2D eigenvalue weighted by atomic mass is 10.1. The van der Waals surface area contributed by atoms with Gasteiger partial charge >= 0.3 is 0 Å². The molecule has 0 radical (unpaired) electrons. The Balaban J connectivity index is 1.96. The Kier molecular flexibility index (Phi) is 4.93. The highest BCUT2D eigenvalue weighted by Crippen LogP contribution is 2.42. The third-order valence-corrected chi connectivity index (χ3v) is 5.09. The molecule has 0 saturated heterocycles. The average molecular weight is 402 g/mol. The number of nitriles is 1. The second-order valence-corrected chi connectivity index (χ2v) is 6.85. The van der Waals surface area contributed by atoms with E-state index in [2.05, 4.69) is 15.9 Å². The Hall–Kier alpha value is -2.23. The maximum Gasteiger partial charge on any atom is 0.200 e. The van der Waals surface area contributed by atoms with Crippen LogP contribution in [0.2, 0.25) is 0 Å². The molecule has 0 aromatic heterocycles. The first-order chi connectivity index (χ1) is 11.6. The fourth-order valence-corrected chi connectivity index (χ4v) is 3.98. The zero-order chi connectivity index (χ0) is 17.1. The summed E-state index contributed by atoms with van der Waals surface area (Å²) in [5.74, 6) is 0.991. The first-order valence-electron chi connectivity index (χ1n) is 7.04. The van der Waals surface area contributed by atoms with E-state index >= 15 is 0 Å². The topological polar surface area (TPSA) is 59.3 Å². The normalized spacial score (nSPS) is 14.4. The fourth-order valence-electron chi connectivity index (χ4n) is 2.35. The summed E-state index contributed by atoms with van der Waals surface area (Å²) in [6.07, 6.45) is 1.83. The highest BCUT2D eigenvalue weighted by atomic mass is 79.9. The van der Waals surface area contributed by atoms with Crippen LogP contribution in [0.5, 0.6) is 11.5 Å². The van der Waals surface area contributed by atoms with Crippen molar-refractivity contribution in [3.05, 3.63) is 56.9 Å². The number of nitrogens with zero attached hydrogens (tertiary/aromatic N) is 1. The van der Waals surface area contributed by atoms with Crippen molar-refractivity contribution in [1.82, 2.24) is 0 Å². The van der Waals surface area contributed by atoms with Crippen LogP contribution in [-0.4, -0.2) is 19.5 Å². The number of benzene rings is 2. The number of hydrogen-bond donors (Lipinski definition) is 0. The number of ether oxygens (including phenoxy) is 2. The van der Waals surface area contributed by atoms with Crippen molar-refractivity contribution in [2.45, 2.75) is 4.90 Å². The van der Waals surface area contributed by atoms with Gasteiger partial charge in [0.15, 0.2) is 18.1 Å². The van der Waals surface area contributed by atoms with Crippen molar-refractivity contribution in [1.29, 1.82) is 5.26 Å². The number of carbonyl (C=O) groups is 1. The largest absolute Gasteiger partial charge is 0.493 e. The fraction of sp³-hybridized carbons (Fsp3) is 0.111. The van der Waals surface area contributed by atoms with Gasteiger partial charge in [0.25, 0.3) is 0 Å². The van der Waals surface area contributed by atoms with Gasteiger partial charge in [-0.15, -0.1) is 0 Å². The maximum atomic E-state index is 12.5. The van der Waals surface area contributed by atoms with Crippen molar-refractivity contribution in [3.8, 4) is 17.6 Å². The van der Waals surface area contributed by atoms with Crippen LogP contribution in [0.15, 0.2) is 50.7 Å². The lowest BCUT2D eigenvalue weighted by Crippen LogP contribution is -1.98. The van der Waals surface area contributed by atoms with Gasteiger partial charge in [-0.25, -0.2) is 0 Å². The van der Waals surface area contributed by atoms with Gasteiger partial charge in [-0.05, 0) is 51.8 Å². The minimum Gasteiger partial charge on any atom is -0.493 e. The second-order valence-electron chi connectivity index (χ2n) is 4.92. The van der Waals surface area contributed by atoms with E-state index in [1.165, 1.54) is 18.9 Å². The molecule has 0 aliphatic carbocycles. The van der Waals surface area contributed by atoms with Crippen LogP contribution < -0.4 is 9.47 Å². The molecule has 0 amide bonds. The van der Waals surface area contributed by atoms with Crippen LogP contribution in [0.3, 0.4) is 0 Å². The number of rotatable bonds is 4. The molecule has 6 heteroatoms. The second kappa shape index (κ2) is 7.12. The summed E-state index contributed by atoms with van der Waals surface area (Å²) in [4.78, 5) is 14.1. The number of ketones is 1. The molecule has 2 aromatic carbocycles. The summed E-state index contributed by atoms with van der Waals surface area (Å²) < 4.78 is 11.4. The van der Waals surface area contributed by atoms with Crippen LogP contribution in [0.1, 0.15) is 15.9 Å². The Labute approximate surface area is 152 Å². The molecule has 3 rings (SSSR count). The average Bonchev–Trinajstić information content (AvgIpc) is 2.90. The molecule has 0 unspecified atom stereocenters. The van der Waals surface area contributed by atoms with Gasteiger partial charge in [-0.3, -0.25) is 4.79 Å². The van der Waals surface area contributed by atoms with Crippen LogP contribution in [-0.2, 0) is 0 Å². The molecule has 0 N–H and O–H groups in total. The van der Waals surface area contributed by atoms with E-state index in [9.17, 15) is 4.79 Å². The van der Waals surface area contributed by atoms with Gasteiger partial charge in [0.05, 0.1) is 16.5 Å². The summed E-state index contributed by atoms with van der Waals surface area (Å²) >= 11 is 4.88. The number of methoxy groups -OCH3 is 1. The predicted octanol–water partition coefficient (Wildman–Crippen LogP) is 4.69. The number of Topliss-reactive ketones (excluding diaryl/α,β-unsaturated/α-hetero) is 1. The molecule has 0 bridgehead atoms. The van der Waals surface area contributed by atoms with E-state index in [-0.39, 0.29) is 12.4 Å². The van der Waals surface area contributed by atoms with Gasteiger partial charge in [0.2, 0.25) is 5.78 Å². The molecule has 1 aliphatic heterocycles. The predicted molar refractivity (Wildman–Crippen MR) is 96.4 cm³/mol. The molecule has 24 heavy (non-hydrogen) atoms. The summed E-state index contributed by atoms with van der Waals surface area (Å²) in [6, 6.07) is 13.1. The SMILES string of the molecule is COc1cc(/C=C2\Sc3ccccc3C2=O)cc(Br)c1OCC#N. The molecular formula is C18H12BrNO3S. The van der Waals surface area contributed by atoms with E-state index in [0.29, 0.717) is 20.9 Å². The zero-order valence-electron chi connectivity index (χ0n) is 12.7. The number of thioether (sulfide) groups is 1. The standard InChI is InChI=1S/C18H12BrNO3S/c1-22-14-9-11(8-13(19)18(14)23-7-6-20)10-16-17(21)12-4-2-3-5-15(12)24-16/h2-5,8-10H,7H2,1H3/b16-10-. The number of carbonyl (C=O) groups excluding carboxylic acids is 1. The number of allylic oxidation sites excluding steroid dienone is 1. The molecule has 1 heterocycles. The Morgan fingerprint density at radius 1 is 1.33 bits per heavy atom. The minimum absolute atomic E-state index is 0.0236. The van der Waals surface area contributed by atoms with Crippen molar-refractivity contribution in [3.63, 3.8) is 0 Å². The lowest BCUT2D eigenvalue weighted by Gasteiger charge is -2.11. The third kappa shape index (κ3) is 3.18. The van der Waals surface area contributed by atoms with Crippen molar-refractivity contribution in [2.75, 3.05) is 13.7 Å². The Morgan fingerprint density at radius 3 is 2.83 bits per heavy atom. The number of hydrogen-bond acceptors (Lipinski definition) is 5. The minimum atomic E-state index is -0.0704. The molecule has 0 spiro atoms. The monoisotopic (exact) mass is 401 g/mol. The van der Waals surface area contributed by atoms with Gasteiger partial charge < -0.3 is 9.47 Å². The van der Waals surface area contributed by atoms with Crippen LogP contribution in [0.25, 0.3) is 6.08 Å². The molecule has 2 aromatic rings. The van der Waals surface area contributed by atoms with Gasteiger partial charge in [-0.2, -0.15) is 5.26 Å². The van der Waals surface area contributed by atoms with Crippen LogP contribution in [0.4, 0.5) is 0 Å². The van der Waals surface area contributed by atoms with E-state index in [0.717, 1.165) is 16.0 Å². The third-order valence-electron chi connectivity index (χ3n) is 3.41. The zero-order valence-corrected chi connectivity index (χ0v) is 15.1. The first-order valence-corrected chi connectivity index (χ1v) is 8.65. The van der Waals surface area contributed by atoms with Gasteiger partial charge in [-0.1, -0.05) is 23.9 Å². The first kappa shape index (κ1) is 16.6. The molecule has 4 nitrogen and oxygen atoms in total. The summed E-state index contributed by atoms with van der Waals surface area (Å²) in [7, 11) is 1.53. The number of fused-ring (bicyclic) bond motifs is 1. The highest BCUT2D eigenvalue weighted by molar-refractivity contribution is 9.10. The van der Waals surface area contributed by atoms with Gasteiger partial charge in [0.1, 0.15) is 6.07 Å². The molecular weight excluding hydrogens is 390 g/mol. The smallest absolute Gasteiger partial charge is 0.200 e. The molecule has 1 aliphatic rings. The maximum absolute atomic E-state index is 12.5. The molecule has 120 valence electrons. The summed E-state index contributed by atoms with van der Waals surface area (Å²) in [5, 5.41) is 8.66. The Bertz CT molecular complexity index is 886. The van der Waals surface area contributed by atoms with Crippen molar-refractivity contribution in [2.24, 2.45) is 0 Å². The summed E-state index contributed by atoms with van der Waals surface area (Å²) in [6.45, 7) is -0.0704. The van der Waals surface area contributed by atoms with Crippen molar-refractivity contribution < 1.29 is 14.3 Å². The van der Waals surface area contributed by atoms with Crippen LogP contribution >= 0.6 is 27.7 Å².